The molecule has 0 radical (unpaired) electrons. The molecule has 2 aliphatic rings. The first-order valence-corrected chi connectivity index (χ1v) is 11.3. The van der Waals surface area contributed by atoms with Gasteiger partial charge >= 0.3 is 0 Å². The fourth-order valence-electron chi connectivity index (χ4n) is 4.39. The zero-order valence-electron chi connectivity index (χ0n) is 16.9. The third-order valence-electron chi connectivity index (χ3n) is 5.92. The summed E-state index contributed by atoms with van der Waals surface area (Å²) in [6, 6.07) is 10.3. The number of carbonyl (C=O) groups excluding carboxylic acids is 1. The van der Waals surface area contributed by atoms with E-state index in [4.69, 9.17) is 9.73 Å². The summed E-state index contributed by atoms with van der Waals surface area (Å²) in [6.45, 7) is 2.41. The molecule has 0 bridgehead atoms. The highest BCUT2D eigenvalue weighted by Gasteiger charge is 2.27. The van der Waals surface area contributed by atoms with Crippen molar-refractivity contribution in [3.05, 3.63) is 52.9 Å². The largest absolute Gasteiger partial charge is 0.482 e. The van der Waals surface area contributed by atoms with E-state index < -0.39 is 0 Å². The predicted octanol–water partition coefficient (Wildman–Crippen LogP) is 4.93. The van der Waals surface area contributed by atoms with Crippen molar-refractivity contribution < 1.29 is 9.53 Å². The molecule has 7 heteroatoms. The molecule has 5 rings (SSSR count). The Morgan fingerprint density at radius 3 is 3.00 bits per heavy atom. The van der Waals surface area contributed by atoms with Gasteiger partial charge in [0.05, 0.1) is 23.3 Å². The average molecular weight is 421 g/mol. The number of carbonyl (C=O) groups is 1. The van der Waals surface area contributed by atoms with Gasteiger partial charge in [0.1, 0.15) is 5.75 Å². The number of aromatic nitrogens is 2. The summed E-state index contributed by atoms with van der Waals surface area (Å²) in [5.74, 6) is 1.18. The van der Waals surface area contributed by atoms with Gasteiger partial charge in [-0.25, -0.2) is 4.99 Å². The number of ether oxygens (including phenoxy) is 1. The first-order chi connectivity index (χ1) is 14.7. The number of fused-ring (bicyclic) bond motifs is 1. The van der Waals surface area contributed by atoms with E-state index in [0.29, 0.717) is 17.7 Å². The number of hydrogen-bond donors (Lipinski definition) is 1. The van der Waals surface area contributed by atoms with E-state index in [0.717, 1.165) is 33.9 Å². The second kappa shape index (κ2) is 8.07. The first kappa shape index (κ1) is 19.1. The Bertz CT molecular complexity index is 1140. The van der Waals surface area contributed by atoms with Gasteiger partial charge in [-0.05, 0) is 49.1 Å². The second-order valence-electron chi connectivity index (χ2n) is 7.97. The maximum absolute atomic E-state index is 11.8. The standard InChI is InChI=1S/C23H24N4O2S/c1-15-5-2-3-7-19(15)27-20(14-30-23(27)25-17-6-4-10-24-12-17)16-8-9-21-18(11-16)26-22(28)13-29-21/h4,6,8-12,14-15,19H,2-3,5,7,13H2,1H3,(H,26,28). The molecule has 1 saturated carbocycles. The fraction of sp³-hybridized carbons (Fsp3) is 0.348. The Kier molecular flexibility index (Phi) is 5.12. The number of hydrogen-bond acceptors (Lipinski definition) is 5. The van der Waals surface area contributed by atoms with Crippen molar-refractivity contribution in [2.45, 2.75) is 38.6 Å². The second-order valence-corrected chi connectivity index (χ2v) is 8.81. The number of pyridine rings is 1. The maximum atomic E-state index is 11.8. The predicted molar refractivity (Wildman–Crippen MR) is 118 cm³/mol. The van der Waals surface area contributed by atoms with Gasteiger partial charge in [0, 0.05) is 23.2 Å². The lowest BCUT2D eigenvalue weighted by Crippen LogP contribution is -2.29. The van der Waals surface area contributed by atoms with E-state index in [1.54, 1.807) is 23.7 Å². The molecule has 30 heavy (non-hydrogen) atoms. The van der Waals surface area contributed by atoms with Crippen LogP contribution in [-0.2, 0) is 4.79 Å². The molecular weight excluding hydrogens is 396 g/mol. The third kappa shape index (κ3) is 3.65. The minimum atomic E-state index is -0.119. The molecule has 3 heterocycles. The molecule has 1 fully saturated rings. The van der Waals surface area contributed by atoms with E-state index in [9.17, 15) is 4.79 Å². The zero-order chi connectivity index (χ0) is 20.5. The molecule has 2 atom stereocenters. The van der Waals surface area contributed by atoms with Crippen molar-refractivity contribution in [2.24, 2.45) is 10.9 Å². The van der Waals surface area contributed by atoms with Crippen molar-refractivity contribution in [1.29, 1.82) is 0 Å². The number of thiazole rings is 1. The van der Waals surface area contributed by atoms with Gasteiger partial charge in [0.25, 0.3) is 5.91 Å². The Morgan fingerprint density at radius 2 is 2.17 bits per heavy atom. The van der Waals surface area contributed by atoms with Gasteiger partial charge in [-0.1, -0.05) is 19.8 Å². The molecule has 0 spiro atoms. The van der Waals surface area contributed by atoms with Crippen molar-refractivity contribution in [3.8, 4) is 17.0 Å². The third-order valence-corrected chi connectivity index (χ3v) is 6.76. The molecule has 0 saturated heterocycles. The summed E-state index contributed by atoms with van der Waals surface area (Å²) in [5.41, 5.74) is 3.77. The SMILES string of the molecule is CC1CCCCC1n1c(-c2ccc3c(c2)NC(=O)CO3)csc1=Nc1cccnc1. The molecule has 1 aliphatic heterocycles. The molecule has 1 aliphatic carbocycles. The van der Waals surface area contributed by atoms with E-state index in [2.05, 4.69) is 33.2 Å². The topological polar surface area (TPSA) is 68.5 Å². The number of nitrogens with zero attached hydrogens (tertiary/aromatic N) is 3. The first-order valence-electron chi connectivity index (χ1n) is 10.4. The van der Waals surface area contributed by atoms with Crippen LogP contribution in [0.15, 0.2) is 53.1 Å². The minimum Gasteiger partial charge on any atom is -0.482 e. The molecule has 1 aromatic carbocycles. The van der Waals surface area contributed by atoms with E-state index in [1.165, 1.54) is 19.3 Å². The van der Waals surface area contributed by atoms with Crippen LogP contribution >= 0.6 is 11.3 Å². The number of anilines is 1. The highest BCUT2D eigenvalue weighted by molar-refractivity contribution is 7.07. The summed E-state index contributed by atoms with van der Waals surface area (Å²) < 4.78 is 7.93. The van der Waals surface area contributed by atoms with Crippen molar-refractivity contribution in [1.82, 2.24) is 9.55 Å². The fourth-order valence-corrected chi connectivity index (χ4v) is 5.36. The van der Waals surface area contributed by atoms with Gasteiger partial charge in [-0.15, -0.1) is 11.3 Å². The van der Waals surface area contributed by atoms with Crippen LogP contribution in [0.3, 0.4) is 0 Å². The van der Waals surface area contributed by atoms with Crippen molar-refractivity contribution in [2.75, 3.05) is 11.9 Å². The van der Waals surface area contributed by atoms with Crippen molar-refractivity contribution >= 4 is 28.6 Å². The van der Waals surface area contributed by atoms with Gasteiger partial charge < -0.3 is 14.6 Å². The molecule has 2 aromatic heterocycles. The molecule has 154 valence electrons. The van der Waals surface area contributed by atoms with Crippen LogP contribution in [0, 0.1) is 5.92 Å². The van der Waals surface area contributed by atoms with Gasteiger partial charge in [-0.2, -0.15) is 0 Å². The minimum absolute atomic E-state index is 0.0680. The van der Waals surface area contributed by atoms with Crippen LogP contribution in [-0.4, -0.2) is 22.1 Å². The van der Waals surface area contributed by atoms with Gasteiger partial charge in [-0.3, -0.25) is 9.78 Å². The Balaban J connectivity index is 1.65. The van der Waals surface area contributed by atoms with Crippen LogP contribution in [0.25, 0.3) is 11.3 Å². The van der Waals surface area contributed by atoms with E-state index in [-0.39, 0.29) is 12.5 Å². The van der Waals surface area contributed by atoms with Gasteiger partial charge in [0.15, 0.2) is 11.4 Å². The smallest absolute Gasteiger partial charge is 0.262 e. The summed E-state index contributed by atoms with van der Waals surface area (Å²) in [7, 11) is 0. The Morgan fingerprint density at radius 1 is 1.27 bits per heavy atom. The zero-order valence-corrected chi connectivity index (χ0v) is 17.7. The summed E-state index contributed by atoms with van der Waals surface area (Å²) >= 11 is 1.65. The number of benzene rings is 1. The van der Waals surface area contributed by atoms with E-state index >= 15 is 0 Å². The summed E-state index contributed by atoms with van der Waals surface area (Å²) in [5, 5.41) is 5.09. The Hall–Kier alpha value is -2.93. The normalized spacial score (nSPS) is 21.6. The number of amides is 1. The molecule has 1 N–H and O–H groups in total. The number of nitrogens with one attached hydrogen (secondary N) is 1. The van der Waals surface area contributed by atoms with Crippen LogP contribution in [0.2, 0.25) is 0 Å². The molecule has 3 aromatic rings. The van der Waals surface area contributed by atoms with Crippen LogP contribution < -0.4 is 14.9 Å². The maximum Gasteiger partial charge on any atom is 0.262 e. The van der Waals surface area contributed by atoms with E-state index in [1.807, 2.05) is 24.3 Å². The van der Waals surface area contributed by atoms with Crippen LogP contribution in [0.5, 0.6) is 5.75 Å². The highest BCUT2D eigenvalue weighted by Crippen LogP contribution is 2.38. The lowest BCUT2D eigenvalue weighted by molar-refractivity contribution is -0.118. The van der Waals surface area contributed by atoms with Crippen molar-refractivity contribution in [3.63, 3.8) is 0 Å². The summed E-state index contributed by atoms with van der Waals surface area (Å²) in [6.07, 6.45) is 8.45. The lowest BCUT2D eigenvalue weighted by Gasteiger charge is -2.31. The Labute approximate surface area is 179 Å². The van der Waals surface area contributed by atoms with Crippen LogP contribution in [0.4, 0.5) is 11.4 Å². The molecule has 6 nitrogen and oxygen atoms in total. The highest BCUT2D eigenvalue weighted by atomic mass is 32.1. The van der Waals surface area contributed by atoms with Crippen LogP contribution in [0.1, 0.15) is 38.6 Å². The lowest BCUT2D eigenvalue weighted by atomic mass is 9.85. The van der Waals surface area contributed by atoms with Gasteiger partial charge in [0.2, 0.25) is 0 Å². The quantitative estimate of drug-likeness (QED) is 0.653. The number of rotatable bonds is 3. The molecular formula is C23H24N4O2S. The summed E-state index contributed by atoms with van der Waals surface area (Å²) in [4.78, 5) is 21.9. The average Bonchev–Trinajstić information content (AvgIpc) is 3.17. The molecule has 1 amide bonds. The monoisotopic (exact) mass is 420 g/mol. The molecule has 2 unspecified atom stereocenters.